The van der Waals surface area contributed by atoms with Crippen LogP contribution in [0.2, 0.25) is 0 Å². The van der Waals surface area contributed by atoms with Crippen LogP contribution in [0.5, 0.6) is 0 Å². The van der Waals surface area contributed by atoms with Crippen molar-refractivity contribution < 1.29 is 0 Å². The zero-order chi connectivity index (χ0) is 27.8. The molecule has 2 nitrogen and oxygen atoms in total. The molecule has 2 fully saturated rings. The van der Waals surface area contributed by atoms with Gasteiger partial charge in [-0.3, -0.25) is 0 Å². The fraction of sp³-hybridized carbons (Fsp3) is 0.543. The van der Waals surface area contributed by atoms with Crippen LogP contribution in [-0.4, -0.2) is 47.8 Å². The van der Waals surface area contributed by atoms with Gasteiger partial charge in [-0.2, -0.15) is 0 Å². The highest BCUT2D eigenvalue weighted by molar-refractivity contribution is 7.61. The number of hydrogen-bond acceptors (Lipinski definition) is 2. The second kappa shape index (κ2) is 11.5. The number of benzene rings is 2. The Morgan fingerprint density at radius 2 is 1.28 bits per heavy atom. The smallest absolute Gasteiger partial charge is 0.0314 e. The summed E-state index contributed by atoms with van der Waals surface area (Å²) in [5.74, 6) is 1.58. The topological polar surface area (TPSA) is 24.1 Å². The molecule has 0 aromatic heterocycles. The van der Waals surface area contributed by atoms with Gasteiger partial charge in [0.2, 0.25) is 0 Å². The van der Waals surface area contributed by atoms with Crippen molar-refractivity contribution in [1.29, 1.82) is 0 Å². The predicted molar refractivity (Wildman–Crippen MR) is 176 cm³/mol. The van der Waals surface area contributed by atoms with E-state index < -0.39 is 0 Å². The van der Waals surface area contributed by atoms with Gasteiger partial charge in [-0.15, -0.1) is 9.24 Å². The monoisotopic (exact) mass is 560 g/mol. The number of rotatable bonds is 7. The second-order valence-corrected chi connectivity index (χ2v) is 18.8. The van der Waals surface area contributed by atoms with Gasteiger partial charge in [0.15, 0.2) is 0 Å². The molecule has 2 heterocycles. The van der Waals surface area contributed by atoms with E-state index in [4.69, 9.17) is 0 Å². The summed E-state index contributed by atoms with van der Waals surface area (Å²) < 4.78 is 0. The zero-order valence-electron chi connectivity index (χ0n) is 25.1. The van der Waals surface area contributed by atoms with E-state index in [1.54, 1.807) is 11.1 Å². The first-order chi connectivity index (χ1) is 18.5. The van der Waals surface area contributed by atoms with E-state index in [0.717, 1.165) is 26.2 Å². The van der Waals surface area contributed by atoms with Gasteiger partial charge in [0.25, 0.3) is 0 Å². The van der Waals surface area contributed by atoms with Crippen LogP contribution < -0.4 is 10.6 Å². The lowest BCUT2D eigenvalue weighted by atomic mass is 9.73. The van der Waals surface area contributed by atoms with Crippen LogP contribution in [0.1, 0.15) is 71.4 Å². The third-order valence-corrected chi connectivity index (χ3v) is 14.6. The molecular formula is C35H50N2P2. The van der Waals surface area contributed by atoms with Crippen molar-refractivity contribution in [3.8, 4) is 0 Å². The van der Waals surface area contributed by atoms with E-state index in [0.29, 0.717) is 17.8 Å². The van der Waals surface area contributed by atoms with Crippen molar-refractivity contribution in [3.63, 3.8) is 0 Å². The molecule has 5 rings (SSSR count). The molecule has 2 saturated heterocycles. The number of nitrogens with one attached hydrogen (secondary N) is 2. The van der Waals surface area contributed by atoms with E-state index in [-0.39, 0.29) is 23.4 Å². The first kappa shape index (κ1) is 29.2. The maximum absolute atomic E-state index is 3.74. The first-order valence-corrected chi connectivity index (χ1v) is 17.1. The summed E-state index contributed by atoms with van der Waals surface area (Å²) in [6.45, 7) is 19.4. The van der Waals surface area contributed by atoms with Crippen LogP contribution >= 0.6 is 17.2 Å². The molecule has 210 valence electrons. The van der Waals surface area contributed by atoms with Gasteiger partial charge in [-0.25, -0.2) is 0 Å². The zero-order valence-corrected chi connectivity index (χ0v) is 27.1. The Morgan fingerprint density at radius 3 is 1.74 bits per heavy atom. The Morgan fingerprint density at radius 1 is 0.769 bits per heavy atom. The molecule has 0 amide bonds. The van der Waals surface area contributed by atoms with Crippen LogP contribution in [0.4, 0.5) is 0 Å². The van der Waals surface area contributed by atoms with Crippen molar-refractivity contribution >= 4 is 22.7 Å². The Hall–Kier alpha value is -1.30. The van der Waals surface area contributed by atoms with Gasteiger partial charge in [-0.05, 0) is 95.2 Å². The molecule has 2 N–H and O–H groups in total. The summed E-state index contributed by atoms with van der Waals surface area (Å²) in [6, 6.07) is 22.6. The van der Waals surface area contributed by atoms with Gasteiger partial charge in [0.05, 0.1) is 0 Å². The van der Waals surface area contributed by atoms with Gasteiger partial charge in [-0.1, -0.05) is 116 Å². The number of allylic oxidation sites excluding steroid dienone is 4. The summed E-state index contributed by atoms with van der Waals surface area (Å²) in [5.41, 5.74) is 7.65. The maximum atomic E-state index is 3.74. The summed E-state index contributed by atoms with van der Waals surface area (Å²) >= 11 is 0. The lowest BCUT2D eigenvalue weighted by Gasteiger charge is -2.45. The van der Waals surface area contributed by atoms with E-state index in [1.165, 1.54) is 35.7 Å². The van der Waals surface area contributed by atoms with Crippen LogP contribution in [0.25, 0.3) is 5.57 Å². The van der Waals surface area contributed by atoms with Crippen molar-refractivity contribution in [2.75, 3.05) is 32.3 Å². The molecule has 4 atom stereocenters. The average Bonchev–Trinajstić information content (AvgIpc) is 3.68. The molecule has 4 heteroatoms. The van der Waals surface area contributed by atoms with Gasteiger partial charge >= 0.3 is 0 Å². The highest BCUT2D eigenvalue weighted by Crippen LogP contribution is 2.64. The molecule has 0 spiro atoms. The Balaban J connectivity index is 1.76. The van der Waals surface area contributed by atoms with E-state index in [1.807, 2.05) is 0 Å². The van der Waals surface area contributed by atoms with Crippen molar-refractivity contribution in [3.05, 3.63) is 89.0 Å². The summed E-state index contributed by atoms with van der Waals surface area (Å²) in [4.78, 5) is 0. The van der Waals surface area contributed by atoms with Gasteiger partial charge < -0.3 is 10.6 Å². The largest absolute Gasteiger partial charge is 0.316 e. The highest BCUT2D eigenvalue weighted by Gasteiger charge is 2.50. The van der Waals surface area contributed by atoms with Crippen LogP contribution in [0.15, 0.2) is 77.9 Å². The molecule has 0 saturated carbocycles. The number of hydrogen-bond donors (Lipinski definition) is 2. The van der Waals surface area contributed by atoms with Gasteiger partial charge in [0, 0.05) is 11.1 Å². The molecule has 1 aliphatic carbocycles. The lowest BCUT2D eigenvalue weighted by Crippen LogP contribution is -2.43. The third-order valence-electron chi connectivity index (χ3n) is 9.43. The molecule has 4 unspecified atom stereocenters. The summed E-state index contributed by atoms with van der Waals surface area (Å²) in [7, 11) is 3.24. The van der Waals surface area contributed by atoms with Crippen molar-refractivity contribution in [1.82, 2.24) is 10.6 Å². The minimum atomic E-state index is -0.289. The predicted octanol–water partition coefficient (Wildman–Crippen LogP) is 8.08. The fourth-order valence-electron chi connectivity index (χ4n) is 7.71. The SMILES string of the molecule is CC(C)(C)P(CC1=C(C(P)(C2CCNC2)C2CCNC2)C=C(c2ccccc2)C1c1ccccc1)C(C)(C)C. The second-order valence-electron chi connectivity index (χ2n) is 14.0. The highest BCUT2D eigenvalue weighted by atomic mass is 31.1. The Bertz CT molecular complexity index is 1140. The van der Waals surface area contributed by atoms with Crippen molar-refractivity contribution in [2.45, 2.75) is 75.8 Å². The van der Waals surface area contributed by atoms with E-state index in [9.17, 15) is 0 Å². The van der Waals surface area contributed by atoms with Crippen LogP contribution in [-0.2, 0) is 0 Å². The molecule has 2 aromatic carbocycles. The minimum Gasteiger partial charge on any atom is -0.316 e. The summed E-state index contributed by atoms with van der Waals surface area (Å²) in [6.07, 6.45) is 6.38. The normalized spacial score (nSPS) is 25.8. The minimum absolute atomic E-state index is 0.0721. The molecule has 39 heavy (non-hydrogen) atoms. The molecule has 2 aromatic rings. The Kier molecular flexibility index (Phi) is 8.63. The molecular weight excluding hydrogens is 510 g/mol. The van der Waals surface area contributed by atoms with Crippen LogP contribution in [0, 0.1) is 11.8 Å². The van der Waals surface area contributed by atoms with E-state index >= 15 is 0 Å². The molecule has 0 radical (unpaired) electrons. The Labute approximate surface area is 241 Å². The van der Waals surface area contributed by atoms with Crippen molar-refractivity contribution in [2.24, 2.45) is 11.8 Å². The summed E-state index contributed by atoms with van der Waals surface area (Å²) in [5, 5.41) is 8.10. The molecule has 2 aliphatic heterocycles. The fourth-order valence-corrected chi connectivity index (χ4v) is 12.2. The maximum Gasteiger partial charge on any atom is 0.0314 e. The first-order valence-electron chi connectivity index (χ1n) is 15.0. The van der Waals surface area contributed by atoms with E-state index in [2.05, 4.69) is 128 Å². The standard InChI is InChI=1S/C35H50N2P2/c1-33(2,3)39(34(4,5)6)24-30-31(35(38,27-17-19-36-22-27)28-18-20-37-23-28)21-29(25-13-9-7-10-14-25)32(30)26-15-11-8-12-16-26/h7-16,21,27-28,32,36-37H,17-20,22-24,38H2,1-6H3. The average molecular weight is 561 g/mol. The quantitative estimate of drug-likeness (QED) is 0.335. The van der Waals surface area contributed by atoms with Crippen LogP contribution in [0.3, 0.4) is 0 Å². The lowest BCUT2D eigenvalue weighted by molar-refractivity contribution is 0.339. The molecule has 3 aliphatic rings. The van der Waals surface area contributed by atoms with Gasteiger partial charge in [0.1, 0.15) is 0 Å². The molecule has 0 bridgehead atoms. The third kappa shape index (κ3) is 5.88.